The van der Waals surface area contributed by atoms with Gasteiger partial charge in [0.15, 0.2) is 0 Å². The molecule has 1 aliphatic heterocycles. The third-order valence-corrected chi connectivity index (χ3v) is 3.08. The zero-order chi connectivity index (χ0) is 12.7. The zero-order valence-corrected chi connectivity index (χ0v) is 10.5. The van der Waals surface area contributed by atoms with Gasteiger partial charge in [-0.25, -0.2) is 8.78 Å². The van der Waals surface area contributed by atoms with E-state index in [0.29, 0.717) is 11.8 Å². The maximum Gasteiger partial charge on any atom is 0.261 e. The minimum atomic E-state index is -2.47. The second-order valence-electron chi connectivity index (χ2n) is 4.19. The fourth-order valence-electron chi connectivity index (χ4n) is 1.94. The molecule has 17 heavy (non-hydrogen) atoms. The predicted octanol–water partition coefficient (Wildman–Crippen LogP) is 2.14. The van der Waals surface area contributed by atoms with Gasteiger partial charge in [-0.3, -0.25) is 4.79 Å². The number of carbonyl (C=O) groups is 1. The molecule has 0 bridgehead atoms. The van der Waals surface area contributed by atoms with Crippen molar-refractivity contribution < 1.29 is 18.3 Å². The number of nitrogens with zero attached hydrogens (tertiary/aromatic N) is 1. The van der Waals surface area contributed by atoms with Crippen LogP contribution >= 0.6 is 11.6 Å². The first-order valence-corrected chi connectivity index (χ1v) is 6.36. The molecular formula is C11H18ClF2NO2. The minimum Gasteiger partial charge on any atom is -0.375 e. The van der Waals surface area contributed by atoms with Gasteiger partial charge in [0.1, 0.15) is 6.61 Å². The SMILES string of the molecule is O=C(CCOCC(F)F)N1CCC(CCCl)C1. The van der Waals surface area contributed by atoms with Crippen LogP contribution in [0.2, 0.25) is 0 Å². The number of carbonyl (C=O) groups excluding carboxylic acids is 1. The Hall–Kier alpha value is -0.420. The summed E-state index contributed by atoms with van der Waals surface area (Å²) in [6, 6.07) is 0. The van der Waals surface area contributed by atoms with Crippen molar-refractivity contribution in [3.8, 4) is 0 Å². The maximum atomic E-state index is 11.8. The molecule has 0 spiro atoms. The number of rotatable bonds is 7. The summed E-state index contributed by atoms with van der Waals surface area (Å²) >= 11 is 5.65. The summed E-state index contributed by atoms with van der Waals surface area (Å²) in [5.41, 5.74) is 0. The molecule has 1 saturated heterocycles. The molecular weight excluding hydrogens is 252 g/mol. The van der Waals surface area contributed by atoms with Crippen molar-refractivity contribution >= 4 is 17.5 Å². The molecule has 100 valence electrons. The van der Waals surface area contributed by atoms with Gasteiger partial charge in [0.2, 0.25) is 5.91 Å². The number of ether oxygens (including phenoxy) is 1. The Morgan fingerprint density at radius 2 is 2.29 bits per heavy atom. The van der Waals surface area contributed by atoms with Crippen LogP contribution in [0.5, 0.6) is 0 Å². The van der Waals surface area contributed by atoms with Crippen LogP contribution < -0.4 is 0 Å². The Morgan fingerprint density at radius 1 is 1.53 bits per heavy atom. The monoisotopic (exact) mass is 269 g/mol. The third-order valence-electron chi connectivity index (χ3n) is 2.86. The van der Waals surface area contributed by atoms with E-state index in [1.165, 1.54) is 0 Å². The van der Waals surface area contributed by atoms with E-state index in [9.17, 15) is 13.6 Å². The summed E-state index contributed by atoms with van der Waals surface area (Å²) in [5, 5.41) is 0. The van der Waals surface area contributed by atoms with E-state index < -0.39 is 13.0 Å². The molecule has 1 heterocycles. The van der Waals surface area contributed by atoms with E-state index in [0.717, 1.165) is 25.9 Å². The molecule has 1 fully saturated rings. The van der Waals surface area contributed by atoms with Gasteiger partial charge in [-0.15, -0.1) is 11.6 Å². The van der Waals surface area contributed by atoms with E-state index in [-0.39, 0.29) is 18.9 Å². The molecule has 0 N–H and O–H groups in total. The van der Waals surface area contributed by atoms with Gasteiger partial charge in [0, 0.05) is 19.0 Å². The van der Waals surface area contributed by atoms with Crippen LogP contribution in [0.1, 0.15) is 19.3 Å². The topological polar surface area (TPSA) is 29.5 Å². The summed E-state index contributed by atoms with van der Waals surface area (Å²) < 4.78 is 28.2. The van der Waals surface area contributed by atoms with Gasteiger partial charge in [0.05, 0.1) is 13.0 Å². The van der Waals surface area contributed by atoms with Gasteiger partial charge in [-0.05, 0) is 18.8 Å². The quantitative estimate of drug-likeness (QED) is 0.523. The summed E-state index contributed by atoms with van der Waals surface area (Å²) in [6.45, 7) is 0.956. The second-order valence-corrected chi connectivity index (χ2v) is 4.57. The van der Waals surface area contributed by atoms with E-state index in [4.69, 9.17) is 11.6 Å². The molecule has 0 saturated carbocycles. The fourth-order valence-corrected chi connectivity index (χ4v) is 2.25. The van der Waals surface area contributed by atoms with E-state index in [1.54, 1.807) is 4.90 Å². The van der Waals surface area contributed by atoms with Crippen LogP contribution in [0.25, 0.3) is 0 Å². The van der Waals surface area contributed by atoms with Crippen molar-refractivity contribution in [2.75, 3.05) is 32.2 Å². The first-order valence-electron chi connectivity index (χ1n) is 5.83. The van der Waals surface area contributed by atoms with Gasteiger partial charge in [0.25, 0.3) is 6.43 Å². The Kier molecular flexibility index (Phi) is 6.73. The van der Waals surface area contributed by atoms with Crippen molar-refractivity contribution in [3.05, 3.63) is 0 Å². The summed E-state index contributed by atoms with van der Waals surface area (Å²) in [7, 11) is 0. The number of alkyl halides is 3. The van der Waals surface area contributed by atoms with Crippen LogP contribution in [0.15, 0.2) is 0 Å². The Balaban J connectivity index is 2.12. The average molecular weight is 270 g/mol. The van der Waals surface area contributed by atoms with Crippen LogP contribution in [-0.2, 0) is 9.53 Å². The molecule has 1 amide bonds. The van der Waals surface area contributed by atoms with E-state index in [1.807, 2.05) is 0 Å². The van der Waals surface area contributed by atoms with Gasteiger partial charge < -0.3 is 9.64 Å². The first-order chi connectivity index (χ1) is 8.13. The van der Waals surface area contributed by atoms with Crippen molar-refractivity contribution in [1.29, 1.82) is 0 Å². The largest absolute Gasteiger partial charge is 0.375 e. The van der Waals surface area contributed by atoms with Crippen molar-refractivity contribution in [2.45, 2.75) is 25.7 Å². The lowest BCUT2D eigenvalue weighted by Gasteiger charge is -2.16. The standard InChI is InChI=1S/C11H18ClF2NO2/c12-4-1-9-2-5-15(7-9)11(16)3-6-17-8-10(13)14/h9-10H,1-8H2. The molecule has 0 aliphatic carbocycles. The molecule has 1 rings (SSSR count). The Bertz CT molecular complexity index is 242. The Labute approximate surface area is 105 Å². The number of likely N-dealkylation sites (tertiary alicyclic amines) is 1. The minimum absolute atomic E-state index is 0.0173. The summed E-state index contributed by atoms with van der Waals surface area (Å²) in [5.74, 6) is 1.08. The highest BCUT2D eigenvalue weighted by Gasteiger charge is 2.25. The lowest BCUT2D eigenvalue weighted by Crippen LogP contribution is -2.29. The fraction of sp³-hybridized carbons (Fsp3) is 0.909. The molecule has 1 aliphatic rings. The summed E-state index contributed by atoms with van der Waals surface area (Å²) in [6.07, 6.45) is -0.380. The highest BCUT2D eigenvalue weighted by molar-refractivity contribution is 6.17. The highest BCUT2D eigenvalue weighted by Crippen LogP contribution is 2.20. The smallest absolute Gasteiger partial charge is 0.261 e. The van der Waals surface area contributed by atoms with Crippen LogP contribution in [-0.4, -0.2) is 49.4 Å². The third kappa shape index (κ3) is 5.64. The number of amides is 1. The molecule has 6 heteroatoms. The second kappa shape index (κ2) is 7.82. The van der Waals surface area contributed by atoms with Crippen LogP contribution in [0.3, 0.4) is 0 Å². The molecule has 1 unspecified atom stereocenters. The molecule has 0 aromatic carbocycles. The maximum absolute atomic E-state index is 11.8. The first kappa shape index (κ1) is 14.6. The zero-order valence-electron chi connectivity index (χ0n) is 9.71. The van der Waals surface area contributed by atoms with Crippen molar-refractivity contribution in [2.24, 2.45) is 5.92 Å². The van der Waals surface area contributed by atoms with Gasteiger partial charge in [-0.1, -0.05) is 0 Å². The van der Waals surface area contributed by atoms with Crippen LogP contribution in [0.4, 0.5) is 8.78 Å². The predicted molar refractivity (Wildman–Crippen MR) is 61.5 cm³/mol. The normalized spacial score (nSPS) is 20.2. The lowest BCUT2D eigenvalue weighted by atomic mass is 10.1. The lowest BCUT2D eigenvalue weighted by molar-refractivity contribution is -0.131. The average Bonchev–Trinajstić information content (AvgIpc) is 2.73. The Morgan fingerprint density at radius 3 is 2.94 bits per heavy atom. The molecule has 0 aromatic rings. The molecule has 0 radical (unpaired) electrons. The van der Waals surface area contributed by atoms with E-state index in [2.05, 4.69) is 4.74 Å². The summed E-state index contributed by atoms with van der Waals surface area (Å²) in [4.78, 5) is 13.4. The van der Waals surface area contributed by atoms with Crippen LogP contribution in [0, 0.1) is 5.92 Å². The number of hydrogen-bond donors (Lipinski definition) is 0. The van der Waals surface area contributed by atoms with Crippen molar-refractivity contribution in [3.63, 3.8) is 0 Å². The number of hydrogen-bond acceptors (Lipinski definition) is 2. The molecule has 0 aromatic heterocycles. The van der Waals surface area contributed by atoms with E-state index >= 15 is 0 Å². The van der Waals surface area contributed by atoms with Gasteiger partial charge >= 0.3 is 0 Å². The van der Waals surface area contributed by atoms with Gasteiger partial charge in [-0.2, -0.15) is 0 Å². The van der Waals surface area contributed by atoms with Crippen molar-refractivity contribution in [1.82, 2.24) is 4.90 Å². The molecule has 3 nitrogen and oxygen atoms in total. The number of halogens is 3. The highest BCUT2D eigenvalue weighted by atomic mass is 35.5. The molecule has 1 atom stereocenters.